The molecular formula is C23H24N2O3. The molecule has 2 heterocycles. The van der Waals surface area contributed by atoms with Crippen molar-refractivity contribution in [1.82, 2.24) is 4.90 Å². The number of amides is 2. The second-order valence-corrected chi connectivity index (χ2v) is 7.28. The Labute approximate surface area is 165 Å². The minimum absolute atomic E-state index is 0.235. The van der Waals surface area contributed by atoms with Gasteiger partial charge < -0.3 is 9.64 Å². The van der Waals surface area contributed by atoms with Crippen molar-refractivity contribution in [3.8, 4) is 5.75 Å². The van der Waals surface area contributed by atoms with Gasteiger partial charge in [-0.05, 0) is 56.0 Å². The molecule has 0 aliphatic carbocycles. The van der Waals surface area contributed by atoms with E-state index in [0.29, 0.717) is 17.0 Å². The maximum atomic E-state index is 13.4. The highest BCUT2D eigenvalue weighted by atomic mass is 16.5. The van der Waals surface area contributed by atoms with Crippen LogP contribution in [0.5, 0.6) is 5.75 Å². The predicted octanol–water partition coefficient (Wildman–Crippen LogP) is 3.77. The number of carbonyl (C=O) groups is 2. The summed E-state index contributed by atoms with van der Waals surface area (Å²) in [5.74, 6) is 0.220. The van der Waals surface area contributed by atoms with Crippen molar-refractivity contribution in [2.75, 3.05) is 25.1 Å². The highest BCUT2D eigenvalue weighted by Crippen LogP contribution is 2.36. The third-order valence-corrected chi connectivity index (χ3v) is 5.40. The van der Waals surface area contributed by atoms with E-state index in [1.165, 1.54) is 4.90 Å². The van der Waals surface area contributed by atoms with Crippen molar-refractivity contribution >= 4 is 23.1 Å². The summed E-state index contributed by atoms with van der Waals surface area (Å²) in [6.45, 7) is 3.59. The zero-order valence-corrected chi connectivity index (χ0v) is 16.3. The summed E-state index contributed by atoms with van der Waals surface area (Å²) in [6.07, 6.45) is 3.22. The Kier molecular flexibility index (Phi) is 4.90. The van der Waals surface area contributed by atoms with Gasteiger partial charge in [-0.15, -0.1) is 0 Å². The molecule has 2 amide bonds. The lowest BCUT2D eigenvalue weighted by Crippen LogP contribution is -2.37. The molecule has 4 rings (SSSR count). The molecule has 5 nitrogen and oxygen atoms in total. The number of likely N-dealkylation sites (tertiary alicyclic amines) is 1. The van der Waals surface area contributed by atoms with Crippen LogP contribution in [0.1, 0.15) is 30.4 Å². The first-order valence-corrected chi connectivity index (χ1v) is 9.69. The number of rotatable bonds is 4. The van der Waals surface area contributed by atoms with Crippen LogP contribution in [-0.4, -0.2) is 36.9 Å². The first kappa shape index (κ1) is 18.3. The van der Waals surface area contributed by atoms with Gasteiger partial charge in [-0.25, -0.2) is 4.90 Å². The number of carbonyl (C=O) groups excluding carboxylic acids is 2. The smallest absolute Gasteiger partial charge is 0.282 e. The molecule has 0 N–H and O–H groups in total. The van der Waals surface area contributed by atoms with E-state index in [1.807, 2.05) is 55.5 Å². The Morgan fingerprint density at radius 3 is 2.07 bits per heavy atom. The quantitative estimate of drug-likeness (QED) is 0.762. The number of imide groups is 1. The molecule has 144 valence electrons. The van der Waals surface area contributed by atoms with Crippen LogP contribution in [0.2, 0.25) is 0 Å². The summed E-state index contributed by atoms with van der Waals surface area (Å²) in [5, 5.41) is 0. The highest BCUT2D eigenvalue weighted by molar-refractivity contribution is 6.45. The number of aryl methyl sites for hydroxylation is 1. The molecule has 2 aliphatic rings. The monoisotopic (exact) mass is 376 g/mol. The van der Waals surface area contributed by atoms with Crippen LogP contribution < -0.4 is 9.64 Å². The first-order valence-electron chi connectivity index (χ1n) is 9.69. The number of hydrogen-bond acceptors (Lipinski definition) is 4. The molecule has 1 fully saturated rings. The average Bonchev–Trinajstić information content (AvgIpc) is 2.99. The Bertz CT molecular complexity index is 923. The molecule has 0 radical (unpaired) electrons. The number of anilines is 1. The van der Waals surface area contributed by atoms with Crippen LogP contribution in [0.4, 0.5) is 5.69 Å². The molecular weight excluding hydrogens is 352 g/mol. The number of ether oxygens (including phenoxy) is 1. The Morgan fingerprint density at radius 2 is 1.46 bits per heavy atom. The molecule has 0 unspecified atom stereocenters. The van der Waals surface area contributed by atoms with Gasteiger partial charge in [0.05, 0.1) is 18.4 Å². The van der Waals surface area contributed by atoms with Gasteiger partial charge in [0, 0.05) is 13.1 Å². The van der Waals surface area contributed by atoms with Crippen LogP contribution in [0, 0.1) is 6.92 Å². The third kappa shape index (κ3) is 3.17. The molecule has 28 heavy (non-hydrogen) atoms. The molecule has 2 aliphatic heterocycles. The van der Waals surface area contributed by atoms with Crippen LogP contribution in [0.15, 0.2) is 54.2 Å². The summed E-state index contributed by atoms with van der Waals surface area (Å²) in [5.41, 5.74) is 3.45. The zero-order chi connectivity index (χ0) is 19.7. The normalized spacial score (nSPS) is 17.5. The van der Waals surface area contributed by atoms with Gasteiger partial charge in [0.2, 0.25) is 0 Å². The lowest BCUT2D eigenvalue weighted by atomic mass is 10.0. The van der Waals surface area contributed by atoms with Gasteiger partial charge in [-0.3, -0.25) is 9.59 Å². The van der Waals surface area contributed by atoms with Crippen molar-refractivity contribution in [2.24, 2.45) is 0 Å². The molecule has 0 aromatic heterocycles. The van der Waals surface area contributed by atoms with Crippen molar-refractivity contribution in [3.63, 3.8) is 0 Å². The Hall–Kier alpha value is -3.08. The van der Waals surface area contributed by atoms with Crippen molar-refractivity contribution in [3.05, 3.63) is 65.4 Å². The van der Waals surface area contributed by atoms with Gasteiger partial charge in [0.1, 0.15) is 11.4 Å². The second-order valence-electron chi connectivity index (χ2n) is 7.28. The number of piperidine rings is 1. The van der Waals surface area contributed by atoms with Crippen LogP contribution in [-0.2, 0) is 9.59 Å². The molecule has 2 aromatic rings. The first-order chi connectivity index (χ1) is 13.6. The molecule has 0 spiro atoms. The van der Waals surface area contributed by atoms with E-state index < -0.39 is 0 Å². The van der Waals surface area contributed by atoms with Crippen LogP contribution >= 0.6 is 0 Å². The fourth-order valence-corrected chi connectivity index (χ4v) is 3.88. The van der Waals surface area contributed by atoms with Crippen molar-refractivity contribution in [1.29, 1.82) is 0 Å². The topological polar surface area (TPSA) is 49.9 Å². The minimum Gasteiger partial charge on any atom is -0.497 e. The second kappa shape index (κ2) is 7.50. The summed E-state index contributed by atoms with van der Waals surface area (Å²) in [6, 6.07) is 14.8. The van der Waals surface area contributed by atoms with Gasteiger partial charge in [0.25, 0.3) is 11.8 Å². The van der Waals surface area contributed by atoms with E-state index in [2.05, 4.69) is 4.90 Å². The number of methoxy groups -OCH3 is 1. The maximum absolute atomic E-state index is 13.4. The largest absolute Gasteiger partial charge is 0.497 e. The van der Waals surface area contributed by atoms with E-state index in [4.69, 9.17) is 4.74 Å². The number of benzene rings is 2. The summed E-state index contributed by atoms with van der Waals surface area (Å²) in [4.78, 5) is 30.2. The van der Waals surface area contributed by atoms with Crippen LogP contribution in [0.25, 0.3) is 5.57 Å². The predicted molar refractivity (Wildman–Crippen MR) is 109 cm³/mol. The lowest BCUT2D eigenvalue weighted by Gasteiger charge is -2.29. The van der Waals surface area contributed by atoms with E-state index in [-0.39, 0.29) is 11.8 Å². The van der Waals surface area contributed by atoms with E-state index >= 15 is 0 Å². The van der Waals surface area contributed by atoms with Gasteiger partial charge in [-0.2, -0.15) is 0 Å². The van der Waals surface area contributed by atoms with E-state index in [0.717, 1.165) is 49.2 Å². The number of nitrogens with zero attached hydrogens (tertiary/aromatic N) is 2. The third-order valence-electron chi connectivity index (χ3n) is 5.40. The van der Waals surface area contributed by atoms with Gasteiger partial charge in [-0.1, -0.05) is 29.8 Å². The molecule has 5 heteroatoms. The summed E-state index contributed by atoms with van der Waals surface area (Å²) < 4.78 is 5.24. The molecule has 1 saturated heterocycles. The van der Waals surface area contributed by atoms with E-state index in [1.54, 1.807) is 7.11 Å². The fourth-order valence-electron chi connectivity index (χ4n) is 3.88. The minimum atomic E-state index is -0.264. The van der Waals surface area contributed by atoms with Crippen LogP contribution in [0.3, 0.4) is 0 Å². The van der Waals surface area contributed by atoms with Gasteiger partial charge >= 0.3 is 0 Å². The highest BCUT2D eigenvalue weighted by Gasteiger charge is 2.42. The average molecular weight is 376 g/mol. The Balaban J connectivity index is 1.80. The molecule has 2 aromatic carbocycles. The standard InChI is InChI=1S/C23H24N2O3/c1-16-6-10-18(11-7-16)25-22(26)20(17-8-12-19(28-2)13-9-17)21(23(25)27)24-14-4-3-5-15-24/h6-13H,3-5,14-15H2,1-2H3. The molecule has 0 atom stereocenters. The molecule has 0 bridgehead atoms. The van der Waals surface area contributed by atoms with Crippen molar-refractivity contribution < 1.29 is 14.3 Å². The number of hydrogen-bond donors (Lipinski definition) is 0. The van der Waals surface area contributed by atoms with E-state index in [9.17, 15) is 9.59 Å². The Morgan fingerprint density at radius 1 is 0.821 bits per heavy atom. The summed E-state index contributed by atoms with van der Waals surface area (Å²) >= 11 is 0. The summed E-state index contributed by atoms with van der Waals surface area (Å²) in [7, 11) is 1.61. The maximum Gasteiger partial charge on any atom is 0.282 e. The van der Waals surface area contributed by atoms with Gasteiger partial charge in [0.15, 0.2) is 0 Å². The zero-order valence-electron chi connectivity index (χ0n) is 16.3. The SMILES string of the molecule is COc1ccc(C2=C(N3CCCCC3)C(=O)N(c3ccc(C)cc3)C2=O)cc1. The fraction of sp³-hybridized carbons (Fsp3) is 0.304. The van der Waals surface area contributed by atoms with Crippen molar-refractivity contribution in [2.45, 2.75) is 26.2 Å². The molecule has 0 saturated carbocycles. The lowest BCUT2D eigenvalue weighted by molar-refractivity contribution is -0.120.